The summed E-state index contributed by atoms with van der Waals surface area (Å²) in [5, 5.41) is 12.4. The molecule has 0 spiro atoms. The molecule has 20 heavy (non-hydrogen) atoms. The Morgan fingerprint density at radius 2 is 1.75 bits per heavy atom. The van der Waals surface area contributed by atoms with Crippen molar-refractivity contribution in [2.45, 2.75) is 38.8 Å². The van der Waals surface area contributed by atoms with Gasteiger partial charge in [-0.25, -0.2) is 9.97 Å². The lowest BCUT2D eigenvalue weighted by Crippen LogP contribution is -2.12. The first-order chi connectivity index (χ1) is 9.86. The first kappa shape index (κ1) is 13.1. The minimum atomic E-state index is 0.0904. The van der Waals surface area contributed by atoms with E-state index < -0.39 is 0 Å². The van der Waals surface area contributed by atoms with Crippen LogP contribution in [0, 0.1) is 0 Å². The molecule has 0 fully saturated rings. The Bertz CT molecular complexity index is 581. The van der Waals surface area contributed by atoms with Crippen LogP contribution in [-0.2, 0) is 26.0 Å². The number of benzene rings is 1. The Labute approximate surface area is 118 Å². The number of hydrogen-bond acceptors (Lipinski definition) is 4. The number of aliphatic hydroxyl groups excluding tert-OH is 1. The predicted molar refractivity (Wildman–Crippen MR) is 78.4 cm³/mol. The van der Waals surface area contributed by atoms with E-state index in [4.69, 9.17) is 5.11 Å². The predicted octanol–water partition coefficient (Wildman–Crippen LogP) is 2.46. The van der Waals surface area contributed by atoms with Crippen molar-refractivity contribution in [3.05, 3.63) is 53.0 Å². The van der Waals surface area contributed by atoms with Crippen LogP contribution < -0.4 is 5.32 Å². The maximum atomic E-state index is 9.04. The second kappa shape index (κ2) is 6.01. The van der Waals surface area contributed by atoms with Crippen molar-refractivity contribution >= 4 is 5.82 Å². The third-order valence-corrected chi connectivity index (χ3v) is 3.79. The third-order valence-electron chi connectivity index (χ3n) is 3.79. The van der Waals surface area contributed by atoms with Gasteiger partial charge in [-0.1, -0.05) is 24.3 Å². The zero-order chi connectivity index (χ0) is 13.8. The highest BCUT2D eigenvalue weighted by atomic mass is 16.3. The molecule has 1 aromatic carbocycles. The van der Waals surface area contributed by atoms with E-state index in [1.807, 2.05) is 24.3 Å². The van der Waals surface area contributed by atoms with E-state index in [0.717, 1.165) is 30.8 Å². The summed E-state index contributed by atoms with van der Waals surface area (Å²) in [5.41, 5.74) is 4.61. The fourth-order valence-electron chi connectivity index (χ4n) is 2.62. The van der Waals surface area contributed by atoms with Gasteiger partial charge < -0.3 is 10.4 Å². The van der Waals surface area contributed by atoms with Gasteiger partial charge in [-0.15, -0.1) is 0 Å². The van der Waals surface area contributed by atoms with Crippen LogP contribution in [-0.4, -0.2) is 15.1 Å². The number of anilines is 1. The molecule has 0 aliphatic heterocycles. The van der Waals surface area contributed by atoms with Gasteiger partial charge in [0.15, 0.2) is 0 Å². The number of fused-ring (bicyclic) bond motifs is 1. The van der Waals surface area contributed by atoms with E-state index in [-0.39, 0.29) is 6.61 Å². The largest absolute Gasteiger partial charge is 0.392 e. The van der Waals surface area contributed by atoms with Gasteiger partial charge in [0.05, 0.1) is 6.61 Å². The molecule has 0 bridgehead atoms. The molecule has 0 radical (unpaired) electrons. The molecule has 0 unspecified atom stereocenters. The lowest BCUT2D eigenvalue weighted by molar-refractivity contribution is 0.282. The summed E-state index contributed by atoms with van der Waals surface area (Å²) in [7, 11) is 0. The average Bonchev–Trinajstić information content (AvgIpc) is 2.53. The highest BCUT2D eigenvalue weighted by Gasteiger charge is 2.14. The van der Waals surface area contributed by atoms with Crippen LogP contribution in [0.15, 0.2) is 30.6 Å². The summed E-state index contributed by atoms with van der Waals surface area (Å²) in [6.07, 6.45) is 6.24. The summed E-state index contributed by atoms with van der Waals surface area (Å²) in [6, 6.07) is 7.97. The topological polar surface area (TPSA) is 58.0 Å². The van der Waals surface area contributed by atoms with Gasteiger partial charge in [0, 0.05) is 17.8 Å². The third kappa shape index (κ3) is 2.80. The summed E-state index contributed by atoms with van der Waals surface area (Å²) in [5.74, 6) is 0.973. The molecule has 3 rings (SSSR count). The van der Waals surface area contributed by atoms with E-state index in [1.165, 1.54) is 29.7 Å². The standard InChI is InChI=1S/C16H19N3O/c20-10-13-7-5-12(6-8-13)9-17-16-14-3-1-2-4-15(14)18-11-19-16/h5-8,11,20H,1-4,9-10H2,(H,17,18,19). The van der Waals surface area contributed by atoms with Crippen LogP contribution in [0.4, 0.5) is 5.82 Å². The molecule has 104 valence electrons. The Morgan fingerprint density at radius 1 is 1.00 bits per heavy atom. The Balaban J connectivity index is 1.71. The van der Waals surface area contributed by atoms with Crippen LogP contribution in [0.3, 0.4) is 0 Å². The van der Waals surface area contributed by atoms with E-state index in [0.29, 0.717) is 0 Å². The fraction of sp³-hybridized carbons (Fsp3) is 0.375. The Hall–Kier alpha value is -1.94. The highest BCUT2D eigenvalue weighted by molar-refractivity contribution is 5.47. The number of aromatic nitrogens is 2. The molecule has 2 N–H and O–H groups in total. The molecule has 0 saturated heterocycles. The zero-order valence-corrected chi connectivity index (χ0v) is 11.5. The fourth-order valence-corrected chi connectivity index (χ4v) is 2.62. The molecular formula is C16H19N3O. The molecule has 1 aliphatic carbocycles. The summed E-state index contributed by atoms with van der Waals surface area (Å²) < 4.78 is 0. The molecule has 0 atom stereocenters. The maximum absolute atomic E-state index is 9.04. The summed E-state index contributed by atoms with van der Waals surface area (Å²) in [4.78, 5) is 8.76. The molecule has 1 aromatic heterocycles. The van der Waals surface area contributed by atoms with Crippen molar-refractivity contribution in [3.63, 3.8) is 0 Å². The molecule has 4 nitrogen and oxygen atoms in total. The van der Waals surface area contributed by atoms with E-state index in [2.05, 4.69) is 15.3 Å². The number of aliphatic hydroxyl groups is 1. The molecular weight excluding hydrogens is 250 g/mol. The average molecular weight is 269 g/mol. The number of aryl methyl sites for hydroxylation is 1. The number of nitrogens with zero attached hydrogens (tertiary/aromatic N) is 2. The molecule has 4 heteroatoms. The van der Waals surface area contributed by atoms with Gasteiger partial charge in [-0.2, -0.15) is 0 Å². The smallest absolute Gasteiger partial charge is 0.133 e. The van der Waals surface area contributed by atoms with Gasteiger partial charge >= 0.3 is 0 Å². The normalized spacial score (nSPS) is 13.8. The van der Waals surface area contributed by atoms with Gasteiger partial charge in [0.1, 0.15) is 12.1 Å². The Kier molecular flexibility index (Phi) is 3.92. The first-order valence-electron chi connectivity index (χ1n) is 7.12. The van der Waals surface area contributed by atoms with E-state index >= 15 is 0 Å². The van der Waals surface area contributed by atoms with Crippen molar-refractivity contribution in [1.29, 1.82) is 0 Å². The number of rotatable bonds is 4. The molecule has 1 aliphatic rings. The summed E-state index contributed by atoms with van der Waals surface area (Å²) in [6.45, 7) is 0.836. The SMILES string of the molecule is OCc1ccc(CNc2ncnc3c2CCCC3)cc1. The van der Waals surface area contributed by atoms with Crippen molar-refractivity contribution in [2.75, 3.05) is 5.32 Å². The van der Waals surface area contributed by atoms with Crippen LogP contribution >= 0.6 is 0 Å². The maximum Gasteiger partial charge on any atom is 0.133 e. The Morgan fingerprint density at radius 3 is 2.55 bits per heavy atom. The molecule has 0 amide bonds. The monoisotopic (exact) mass is 269 g/mol. The van der Waals surface area contributed by atoms with Crippen LogP contribution in [0.5, 0.6) is 0 Å². The molecule has 0 saturated carbocycles. The van der Waals surface area contributed by atoms with Crippen molar-refractivity contribution < 1.29 is 5.11 Å². The number of hydrogen-bond donors (Lipinski definition) is 2. The highest BCUT2D eigenvalue weighted by Crippen LogP contribution is 2.24. The first-order valence-corrected chi connectivity index (χ1v) is 7.12. The minimum absolute atomic E-state index is 0.0904. The molecule has 2 aromatic rings. The quantitative estimate of drug-likeness (QED) is 0.895. The van der Waals surface area contributed by atoms with Gasteiger partial charge in [0.2, 0.25) is 0 Å². The van der Waals surface area contributed by atoms with E-state index in [9.17, 15) is 0 Å². The van der Waals surface area contributed by atoms with Gasteiger partial charge in [-0.05, 0) is 36.8 Å². The lowest BCUT2D eigenvalue weighted by Gasteiger charge is -2.18. The van der Waals surface area contributed by atoms with E-state index in [1.54, 1.807) is 6.33 Å². The minimum Gasteiger partial charge on any atom is -0.392 e. The second-order valence-electron chi connectivity index (χ2n) is 5.18. The zero-order valence-electron chi connectivity index (χ0n) is 11.5. The lowest BCUT2D eigenvalue weighted by atomic mass is 9.96. The van der Waals surface area contributed by atoms with Crippen molar-refractivity contribution in [3.8, 4) is 0 Å². The van der Waals surface area contributed by atoms with Gasteiger partial charge in [0.25, 0.3) is 0 Å². The van der Waals surface area contributed by atoms with Crippen molar-refractivity contribution in [2.24, 2.45) is 0 Å². The van der Waals surface area contributed by atoms with Crippen molar-refractivity contribution in [1.82, 2.24) is 9.97 Å². The molecule has 1 heterocycles. The number of nitrogens with one attached hydrogen (secondary N) is 1. The van der Waals surface area contributed by atoms with Crippen LogP contribution in [0.1, 0.15) is 35.2 Å². The van der Waals surface area contributed by atoms with Gasteiger partial charge in [-0.3, -0.25) is 0 Å². The summed E-state index contributed by atoms with van der Waals surface area (Å²) >= 11 is 0. The van der Waals surface area contributed by atoms with Crippen LogP contribution in [0.25, 0.3) is 0 Å². The second-order valence-corrected chi connectivity index (χ2v) is 5.18. The van der Waals surface area contributed by atoms with Crippen LogP contribution in [0.2, 0.25) is 0 Å².